The second-order valence-electron chi connectivity index (χ2n) is 5.65. The highest BCUT2D eigenvalue weighted by Gasteiger charge is 2.03. The van der Waals surface area contributed by atoms with E-state index in [1.54, 1.807) is 0 Å². The second-order valence-corrected chi connectivity index (χ2v) is 5.65. The van der Waals surface area contributed by atoms with Crippen molar-refractivity contribution in [1.29, 1.82) is 0 Å². The van der Waals surface area contributed by atoms with Crippen LogP contribution in [0.25, 0.3) is 0 Å². The minimum atomic E-state index is 0.858. The Morgan fingerprint density at radius 3 is 2.15 bits per heavy atom. The van der Waals surface area contributed by atoms with Crippen LogP contribution in [0.1, 0.15) is 65.2 Å². The molecule has 0 amide bonds. The molecule has 0 heterocycles. The fraction of sp³-hybridized carbons (Fsp3) is 0.667. The summed E-state index contributed by atoms with van der Waals surface area (Å²) in [6.07, 6.45) is 11.0. The molecule has 0 spiro atoms. The SMILES string of the molecule is CCCCCCCCCCN(CC)c1cccc(N)c1. The van der Waals surface area contributed by atoms with Crippen LogP contribution < -0.4 is 10.6 Å². The molecule has 20 heavy (non-hydrogen) atoms. The predicted octanol–water partition coefficient (Wildman–Crippen LogP) is 5.24. The van der Waals surface area contributed by atoms with E-state index in [0.717, 1.165) is 18.8 Å². The second kappa shape index (κ2) is 10.6. The van der Waals surface area contributed by atoms with Crippen LogP contribution in [-0.2, 0) is 0 Å². The Hall–Kier alpha value is -1.18. The maximum absolute atomic E-state index is 5.86. The van der Waals surface area contributed by atoms with E-state index < -0.39 is 0 Å². The van der Waals surface area contributed by atoms with Gasteiger partial charge in [-0.15, -0.1) is 0 Å². The third-order valence-corrected chi connectivity index (χ3v) is 3.90. The van der Waals surface area contributed by atoms with Gasteiger partial charge < -0.3 is 10.6 Å². The summed E-state index contributed by atoms with van der Waals surface area (Å²) in [5.74, 6) is 0. The van der Waals surface area contributed by atoms with Crippen LogP contribution in [-0.4, -0.2) is 13.1 Å². The van der Waals surface area contributed by atoms with Gasteiger partial charge in [0.05, 0.1) is 0 Å². The Morgan fingerprint density at radius 1 is 0.900 bits per heavy atom. The lowest BCUT2D eigenvalue weighted by atomic mass is 10.1. The molecule has 2 N–H and O–H groups in total. The quantitative estimate of drug-likeness (QED) is 0.442. The molecular weight excluding hydrogens is 244 g/mol. The first kappa shape index (κ1) is 16.9. The normalized spacial score (nSPS) is 10.7. The summed E-state index contributed by atoms with van der Waals surface area (Å²) < 4.78 is 0. The summed E-state index contributed by atoms with van der Waals surface area (Å²) >= 11 is 0. The molecule has 0 fully saturated rings. The average Bonchev–Trinajstić information content (AvgIpc) is 2.46. The van der Waals surface area contributed by atoms with Crippen LogP contribution in [0.3, 0.4) is 0 Å². The third-order valence-electron chi connectivity index (χ3n) is 3.90. The lowest BCUT2D eigenvalue weighted by molar-refractivity contribution is 0.572. The molecule has 2 heteroatoms. The number of nitrogen functional groups attached to an aromatic ring is 1. The van der Waals surface area contributed by atoms with Gasteiger partial charge in [-0.25, -0.2) is 0 Å². The van der Waals surface area contributed by atoms with E-state index in [9.17, 15) is 0 Å². The van der Waals surface area contributed by atoms with Gasteiger partial charge >= 0.3 is 0 Å². The van der Waals surface area contributed by atoms with Crippen LogP contribution in [0, 0.1) is 0 Å². The number of hydrogen-bond acceptors (Lipinski definition) is 2. The van der Waals surface area contributed by atoms with Gasteiger partial charge in [0.25, 0.3) is 0 Å². The van der Waals surface area contributed by atoms with Gasteiger partial charge in [0.1, 0.15) is 0 Å². The Morgan fingerprint density at radius 2 is 1.55 bits per heavy atom. The molecule has 0 atom stereocenters. The summed E-state index contributed by atoms with van der Waals surface area (Å²) in [7, 11) is 0. The zero-order valence-electron chi connectivity index (χ0n) is 13.4. The largest absolute Gasteiger partial charge is 0.399 e. The zero-order valence-corrected chi connectivity index (χ0v) is 13.4. The monoisotopic (exact) mass is 276 g/mol. The predicted molar refractivity (Wildman–Crippen MR) is 91.4 cm³/mol. The molecule has 1 aromatic carbocycles. The highest BCUT2D eigenvalue weighted by molar-refractivity contribution is 5.55. The Kier molecular flexibility index (Phi) is 8.93. The maximum atomic E-state index is 5.86. The first-order valence-electron chi connectivity index (χ1n) is 8.38. The van der Waals surface area contributed by atoms with E-state index in [2.05, 4.69) is 30.9 Å². The standard InChI is InChI=1S/C18H32N2/c1-3-5-6-7-8-9-10-11-15-20(4-2)18-14-12-13-17(19)16-18/h12-14,16H,3-11,15,19H2,1-2H3. The zero-order chi connectivity index (χ0) is 14.6. The van der Waals surface area contributed by atoms with Crippen molar-refractivity contribution in [2.24, 2.45) is 0 Å². The smallest absolute Gasteiger partial charge is 0.0386 e. The molecule has 2 nitrogen and oxygen atoms in total. The van der Waals surface area contributed by atoms with E-state index in [-0.39, 0.29) is 0 Å². The Labute approximate surface area is 125 Å². The number of unbranched alkanes of at least 4 members (excludes halogenated alkanes) is 7. The molecule has 1 rings (SSSR count). The summed E-state index contributed by atoms with van der Waals surface area (Å²) in [4.78, 5) is 2.42. The van der Waals surface area contributed by atoms with E-state index in [1.165, 1.54) is 57.1 Å². The lowest BCUT2D eigenvalue weighted by Gasteiger charge is -2.23. The minimum absolute atomic E-state index is 0.858. The lowest BCUT2D eigenvalue weighted by Crippen LogP contribution is -2.23. The molecule has 0 radical (unpaired) electrons. The van der Waals surface area contributed by atoms with E-state index >= 15 is 0 Å². The molecule has 0 aliphatic heterocycles. The number of nitrogens with zero attached hydrogens (tertiary/aromatic N) is 1. The number of benzene rings is 1. The highest BCUT2D eigenvalue weighted by atomic mass is 15.1. The van der Waals surface area contributed by atoms with E-state index in [0.29, 0.717) is 0 Å². The molecule has 1 aromatic rings. The average molecular weight is 276 g/mol. The van der Waals surface area contributed by atoms with Crippen molar-refractivity contribution in [3.05, 3.63) is 24.3 Å². The Balaban J connectivity index is 2.16. The van der Waals surface area contributed by atoms with Crippen molar-refractivity contribution in [3.8, 4) is 0 Å². The van der Waals surface area contributed by atoms with Crippen LogP contribution in [0.5, 0.6) is 0 Å². The minimum Gasteiger partial charge on any atom is -0.399 e. The topological polar surface area (TPSA) is 29.3 Å². The highest BCUT2D eigenvalue weighted by Crippen LogP contribution is 2.18. The number of anilines is 2. The Bertz CT molecular complexity index is 349. The number of rotatable bonds is 11. The van der Waals surface area contributed by atoms with Crippen molar-refractivity contribution in [1.82, 2.24) is 0 Å². The number of nitrogens with two attached hydrogens (primary N) is 1. The molecule has 0 aliphatic carbocycles. The van der Waals surface area contributed by atoms with Crippen LogP contribution >= 0.6 is 0 Å². The number of hydrogen-bond donors (Lipinski definition) is 1. The summed E-state index contributed by atoms with van der Waals surface area (Å²) in [6.45, 7) is 6.69. The van der Waals surface area contributed by atoms with Gasteiger partial charge in [-0.1, -0.05) is 57.9 Å². The van der Waals surface area contributed by atoms with E-state index in [1.807, 2.05) is 12.1 Å². The molecule has 0 bridgehead atoms. The van der Waals surface area contributed by atoms with Gasteiger partial charge in [0.2, 0.25) is 0 Å². The summed E-state index contributed by atoms with van der Waals surface area (Å²) in [5.41, 5.74) is 7.98. The summed E-state index contributed by atoms with van der Waals surface area (Å²) in [6, 6.07) is 8.23. The van der Waals surface area contributed by atoms with Crippen LogP contribution in [0.2, 0.25) is 0 Å². The molecule has 0 aromatic heterocycles. The van der Waals surface area contributed by atoms with E-state index in [4.69, 9.17) is 5.73 Å². The van der Waals surface area contributed by atoms with Crippen molar-refractivity contribution in [2.45, 2.75) is 65.2 Å². The fourth-order valence-electron chi connectivity index (χ4n) is 2.63. The summed E-state index contributed by atoms with van der Waals surface area (Å²) in [5, 5.41) is 0. The molecule has 114 valence electrons. The van der Waals surface area contributed by atoms with Crippen LogP contribution in [0.4, 0.5) is 11.4 Å². The van der Waals surface area contributed by atoms with Gasteiger partial charge in [-0.2, -0.15) is 0 Å². The van der Waals surface area contributed by atoms with Gasteiger partial charge in [-0.05, 0) is 31.5 Å². The van der Waals surface area contributed by atoms with Crippen molar-refractivity contribution < 1.29 is 0 Å². The van der Waals surface area contributed by atoms with Crippen molar-refractivity contribution in [3.63, 3.8) is 0 Å². The molecule has 0 saturated heterocycles. The van der Waals surface area contributed by atoms with Gasteiger partial charge in [0.15, 0.2) is 0 Å². The van der Waals surface area contributed by atoms with Crippen molar-refractivity contribution in [2.75, 3.05) is 23.7 Å². The fourth-order valence-corrected chi connectivity index (χ4v) is 2.63. The first-order chi connectivity index (χ1) is 9.77. The molecular formula is C18H32N2. The van der Waals surface area contributed by atoms with Gasteiger partial charge in [-0.3, -0.25) is 0 Å². The van der Waals surface area contributed by atoms with Gasteiger partial charge in [0, 0.05) is 24.5 Å². The maximum Gasteiger partial charge on any atom is 0.0386 e. The van der Waals surface area contributed by atoms with Crippen LogP contribution in [0.15, 0.2) is 24.3 Å². The molecule has 0 saturated carbocycles. The molecule has 0 unspecified atom stereocenters. The first-order valence-corrected chi connectivity index (χ1v) is 8.38. The van der Waals surface area contributed by atoms with Crippen molar-refractivity contribution >= 4 is 11.4 Å². The molecule has 0 aliphatic rings. The third kappa shape index (κ3) is 6.83.